The van der Waals surface area contributed by atoms with E-state index in [2.05, 4.69) is 5.16 Å². The van der Waals surface area contributed by atoms with Gasteiger partial charge in [0.05, 0.1) is 5.69 Å². The van der Waals surface area contributed by atoms with Gasteiger partial charge in [-0.05, 0) is 0 Å². The molecular formula is C12H19NO2. The van der Waals surface area contributed by atoms with Crippen LogP contribution in [-0.2, 0) is 5.41 Å². The molecule has 0 unspecified atom stereocenters. The molecule has 0 radical (unpaired) electrons. The summed E-state index contributed by atoms with van der Waals surface area (Å²) >= 11 is 0. The van der Waals surface area contributed by atoms with E-state index in [0.29, 0.717) is 5.76 Å². The van der Waals surface area contributed by atoms with Crippen LogP contribution in [0.15, 0.2) is 10.6 Å². The summed E-state index contributed by atoms with van der Waals surface area (Å²) in [6.07, 6.45) is 0. The lowest BCUT2D eigenvalue weighted by atomic mass is 9.87. The molecule has 0 fully saturated rings. The number of hydrogen-bond donors (Lipinski definition) is 0. The summed E-state index contributed by atoms with van der Waals surface area (Å²) in [5, 5.41) is 3.93. The molecule has 0 saturated heterocycles. The molecule has 0 aliphatic carbocycles. The van der Waals surface area contributed by atoms with Gasteiger partial charge < -0.3 is 4.52 Å². The average Bonchev–Trinajstić information content (AvgIpc) is 2.47. The first-order valence-electron chi connectivity index (χ1n) is 5.14. The van der Waals surface area contributed by atoms with Gasteiger partial charge in [-0.1, -0.05) is 46.7 Å². The molecule has 1 rings (SSSR count). The maximum absolute atomic E-state index is 11.9. The van der Waals surface area contributed by atoms with Gasteiger partial charge in [0.2, 0.25) is 11.5 Å². The van der Waals surface area contributed by atoms with Crippen molar-refractivity contribution in [1.29, 1.82) is 0 Å². The highest BCUT2D eigenvalue weighted by Crippen LogP contribution is 2.25. The second kappa shape index (κ2) is 3.47. The summed E-state index contributed by atoms with van der Waals surface area (Å²) in [5.41, 5.74) is 0.310. The van der Waals surface area contributed by atoms with E-state index in [1.54, 1.807) is 6.07 Å². The van der Waals surface area contributed by atoms with E-state index in [0.717, 1.165) is 5.69 Å². The van der Waals surface area contributed by atoms with Gasteiger partial charge in [-0.2, -0.15) is 0 Å². The SMILES string of the molecule is CC(C)(C)C(=O)c1cc(C(C)(C)C)no1. The number of ketones is 1. The van der Waals surface area contributed by atoms with Gasteiger partial charge in [0.1, 0.15) is 0 Å². The molecule has 3 nitrogen and oxygen atoms in total. The lowest BCUT2D eigenvalue weighted by Crippen LogP contribution is -2.19. The van der Waals surface area contributed by atoms with Gasteiger partial charge in [-0.15, -0.1) is 0 Å². The van der Waals surface area contributed by atoms with E-state index >= 15 is 0 Å². The third-order valence-electron chi connectivity index (χ3n) is 2.18. The second-order valence-corrected chi connectivity index (χ2v) is 5.91. The minimum Gasteiger partial charge on any atom is -0.353 e. The van der Waals surface area contributed by atoms with Crippen LogP contribution < -0.4 is 0 Å². The Hall–Kier alpha value is -1.12. The molecule has 0 saturated carbocycles. The third-order valence-corrected chi connectivity index (χ3v) is 2.18. The molecule has 1 heterocycles. The molecule has 0 bridgehead atoms. The van der Waals surface area contributed by atoms with Gasteiger partial charge in [-0.3, -0.25) is 4.79 Å². The van der Waals surface area contributed by atoms with E-state index in [4.69, 9.17) is 4.52 Å². The number of carbonyl (C=O) groups excluding carboxylic acids is 1. The summed E-state index contributed by atoms with van der Waals surface area (Å²) in [7, 11) is 0. The quantitative estimate of drug-likeness (QED) is 0.667. The Morgan fingerprint density at radius 2 is 1.73 bits per heavy atom. The van der Waals surface area contributed by atoms with Crippen LogP contribution in [0.5, 0.6) is 0 Å². The van der Waals surface area contributed by atoms with Crippen molar-refractivity contribution in [3.63, 3.8) is 0 Å². The predicted molar refractivity (Wildman–Crippen MR) is 59.0 cm³/mol. The first kappa shape index (κ1) is 12.0. The fraction of sp³-hybridized carbons (Fsp3) is 0.667. The summed E-state index contributed by atoms with van der Waals surface area (Å²) < 4.78 is 5.08. The van der Waals surface area contributed by atoms with Gasteiger partial charge in [0.15, 0.2) is 0 Å². The number of carbonyl (C=O) groups is 1. The smallest absolute Gasteiger partial charge is 0.206 e. The minimum absolute atomic E-state index is 0.00880. The van der Waals surface area contributed by atoms with E-state index in [9.17, 15) is 4.79 Å². The van der Waals surface area contributed by atoms with Crippen molar-refractivity contribution in [2.75, 3.05) is 0 Å². The minimum atomic E-state index is -0.422. The van der Waals surface area contributed by atoms with Crippen LogP contribution in [0.4, 0.5) is 0 Å². The highest BCUT2D eigenvalue weighted by Gasteiger charge is 2.28. The molecule has 0 aliphatic rings. The molecule has 84 valence electrons. The zero-order chi connectivity index (χ0) is 11.9. The van der Waals surface area contributed by atoms with Crippen molar-refractivity contribution in [3.05, 3.63) is 17.5 Å². The van der Waals surface area contributed by atoms with Crippen molar-refractivity contribution < 1.29 is 9.32 Å². The number of nitrogens with zero attached hydrogens (tertiary/aromatic N) is 1. The molecule has 3 heteroatoms. The van der Waals surface area contributed by atoms with Gasteiger partial charge >= 0.3 is 0 Å². The molecule has 1 aromatic rings. The summed E-state index contributed by atoms with van der Waals surface area (Å²) in [5.74, 6) is 0.345. The predicted octanol–water partition coefficient (Wildman–Crippen LogP) is 3.20. The molecule has 0 spiro atoms. The monoisotopic (exact) mass is 209 g/mol. The maximum Gasteiger partial charge on any atom is 0.206 e. The van der Waals surface area contributed by atoms with Gasteiger partial charge in [-0.25, -0.2) is 0 Å². The molecule has 1 aromatic heterocycles. The van der Waals surface area contributed by atoms with Gasteiger partial charge in [0, 0.05) is 16.9 Å². The maximum atomic E-state index is 11.9. The van der Waals surface area contributed by atoms with Crippen molar-refractivity contribution in [2.24, 2.45) is 5.41 Å². The lowest BCUT2D eigenvalue weighted by molar-refractivity contribution is 0.0818. The van der Waals surface area contributed by atoms with Crippen molar-refractivity contribution in [3.8, 4) is 0 Å². The van der Waals surface area contributed by atoms with Gasteiger partial charge in [0.25, 0.3) is 0 Å². The van der Waals surface area contributed by atoms with Crippen molar-refractivity contribution >= 4 is 5.78 Å². The van der Waals surface area contributed by atoms with Crippen LogP contribution in [0.1, 0.15) is 57.8 Å². The summed E-state index contributed by atoms with van der Waals surface area (Å²) in [6.45, 7) is 11.7. The average molecular weight is 209 g/mol. The fourth-order valence-electron chi connectivity index (χ4n) is 1.11. The highest BCUT2D eigenvalue weighted by molar-refractivity contribution is 5.97. The number of hydrogen-bond acceptors (Lipinski definition) is 3. The Balaban J connectivity index is 3.01. The molecule has 0 aliphatic heterocycles. The van der Waals surface area contributed by atoms with E-state index < -0.39 is 5.41 Å². The largest absolute Gasteiger partial charge is 0.353 e. The van der Waals surface area contributed by atoms with Crippen LogP contribution in [0, 0.1) is 5.41 Å². The Morgan fingerprint density at radius 3 is 2.07 bits per heavy atom. The normalized spacial score (nSPS) is 12.9. The highest BCUT2D eigenvalue weighted by atomic mass is 16.5. The standard InChI is InChI=1S/C12H19NO2/c1-11(2,3)9-7-8(15-13-9)10(14)12(4,5)6/h7H,1-6H3. The summed E-state index contributed by atoms with van der Waals surface area (Å²) in [6, 6.07) is 1.74. The molecule has 0 atom stereocenters. The topological polar surface area (TPSA) is 43.1 Å². The number of rotatable bonds is 1. The molecule has 0 N–H and O–H groups in total. The molecular weight excluding hydrogens is 190 g/mol. The van der Waals surface area contributed by atoms with Crippen molar-refractivity contribution in [2.45, 2.75) is 47.0 Å². The van der Waals surface area contributed by atoms with Crippen molar-refractivity contribution in [1.82, 2.24) is 5.16 Å². The van der Waals surface area contributed by atoms with Crippen LogP contribution >= 0.6 is 0 Å². The third kappa shape index (κ3) is 2.67. The number of Topliss-reactive ketones (excluding diaryl/α,β-unsaturated/α-hetero) is 1. The summed E-state index contributed by atoms with van der Waals surface area (Å²) in [4.78, 5) is 11.9. The molecule has 0 amide bonds. The Labute approximate surface area is 90.8 Å². The van der Waals surface area contributed by atoms with Crippen LogP contribution in [-0.4, -0.2) is 10.9 Å². The number of aromatic nitrogens is 1. The lowest BCUT2D eigenvalue weighted by Gasteiger charge is -2.14. The Kier molecular flexibility index (Phi) is 2.77. The zero-order valence-electron chi connectivity index (χ0n) is 10.3. The second-order valence-electron chi connectivity index (χ2n) is 5.91. The van der Waals surface area contributed by atoms with Crippen LogP contribution in [0.25, 0.3) is 0 Å². The first-order valence-corrected chi connectivity index (χ1v) is 5.14. The molecule has 0 aromatic carbocycles. The van der Waals surface area contributed by atoms with E-state index in [1.165, 1.54) is 0 Å². The van der Waals surface area contributed by atoms with Crippen LogP contribution in [0.2, 0.25) is 0 Å². The van der Waals surface area contributed by atoms with Crippen LogP contribution in [0.3, 0.4) is 0 Å². The van der Waals surface area contributed by atoms with E-state index in [-0.39, 0.29) is 11.2 Å². The fourth-order valence-corrected chi connectivity index (χ4v) is 1.11. The zero-order valence-corrected chi connectivity index (χ0v) is 10.3. The molecule has 15 heavy (non-hydrogen) atoms. The Bertz CT molecular complexity index is 364. The Morgan fingerprint density at radius 1 is 1.20 bits per heavy atom. The van der Waals surface area contributed by atoms with E-state index in [1.807, 2.05) is 41.5 Å². The first-order chi connectivity index (χ1) is 6.62.